The fourth-order valence-corrected chi connectivity index (χ4v) is 2.98. The van der Waals surface area contributed by atoms with Crippen molar-refractivity contribution in [1.29, 1.82) is 5.26 Å². The quantitative estimate of drug-likeness (QED) is 0.831. The van der Waals surface area contributed by atoms with Crippen LogP contribution in [0.25, 0.3) is 0 Å². The highest BCUT2D eigenvalue weighted by Gasteiger charge is 2.24. The van der Waals surface area contributed by atoms with Gasteiger partial charge in [-0.25, -0.2) is 0 Å². The molecule has 0 amide bonds. The third-order valence-corrected chi connectivity index (χ3v) is 4.07. The molecule has 19 heavy (non-hydrogen) atoms. The van der Waals surface area contributed by atoms with Gasteiger partial charge in [0.05, 0.1) is 11.3 Å². The van der Waals surface area contributed by atoms with Gasteiger partial charge in [0.15, 0.2) is 0 Å². The van der Waals surface area contributed by atoms with E-state index < -0.39 is 0 Å². The zero-order chi connectivity index (χ0) is 13.8. The maximum Gasteiger partial charge on any atom is 0.101 e. The first kappa shape index (κ1) is 13.9. The van der Waals surface area contributed by atoms with Crippen molar-refractivity contribution in [1.82, 2.24) is 4.90 Å². The highest BCUT2D eigenvalue weighted by atomic mass is 15.2. The van der Waals surface area contributed by atoms with Crippen LogP contribution in [0.2, 0.25) is 0 Å². The fraction of sp³-hybridized carbons (Fsp3) is 0.562. The molecule has 0 aliphatic carbocycles. The molecule has 3 nitrogen and oxygen atoms in total. The first-order valence-corrected chi connectivity index (χ1v) is 7.11. The number of rotatable bonds is 4. The van der Waals surface area contributed by atoms with Crippen molar-refractivity contribution >= 4 is 5.69 Å². The van der Waals surface area contributed by atoms with Gasteiger partial charge in [-0.1, -0.05) is 13.0 Å². The molecule has 0 N–H and O–H groups in total. The number of hydrogen-bond donors (Lipinski definition) is 0. The first-order chi connectivity index (χ1) is 9.15. The molecule has 1 unspecified atom stereocenters. The second-order valence-electron chi connectivity index (χ2n) is 5.44. The lowest BCUT2D eigenvalue weighted by Gasteiger charge is -2.29. The number of likely N-dealkylation sites (N-methyl/N-ethyl adjacent to an activating group) is 2. The molecule has 1 fully saturated rings. The monoisotopic (exact) mass is 257 g/mol. The number of aryl methyl sites for hydroxylation is 1. The Kier molecular flexibility index (Phi) is 4.44. The van der Waals surface area contributed by atoms with Crippen LogP contribution in [0.3, 0.4) is 0 Å². The van der Waals surface area contributed by atoms with Crippen molar-refractivity contribution in [2.45, 2.75) is 32.7 Å². The van der Waals surface area contributed by atoms with Crippen LogP contribution in [0.1, 0.15) is 30.9 Å². The van der Waals surface area contributed by atoms with E-state index in [-0.39, 0.29) is 0 Å². The topological polar surface area (TPSA) is 30.3 Å². The van der Waals surface area contributed by atoms with Gasteiger partial charge in [0.25, 0.3) is 0 Å². The maximum atomic E-state index is 9.23. The van der Waals surface area contributed by atoms with Gasteiger partial charge in [0.1, 0.15) is 6.07 Å². The van der Waals surface area contributed by atoms with Crippen LogP contribution in [0, 0.1) is 18.3 Å². The Labute approximate surface area is 116 Å². The lowest BCUT2D eigenvalue weighted by molar-refractivity contribution is 0.270. The number of likely N-dealkylation sites (tertiary alicyclic amines) is 1. The molecule has 1 saturated heterocycles. The third kappa shape index (κ3) is 3.08. The Hall–Kier alpha value is -1.53. The first-order valence-electron chi connectivity index (χ1n) is 7.11. The van der Waals surface area contributed by atoms with Gasteiger partial charge in [-0.2, -0.15) is 5.26 Å². The van der Waals surface area contributed by atoms with Gasteiger partial charge < -0.3 is 4.90 Å². The number of hydrogen-bond acceptors (Lipinski definition) is 3. The zero-order valence-electron chi connectivity index (χ0n) is 12.2. The van der Waals surface area contributed by atoms with Crippen molar-refractivity contribution in [3.8, 4) is 6.07 Å². The molecule has 0 spiro atoms. The van der Waals surface area contributed by atoms with Gasteiger partial charge >= 0.3 is 0 Å². The van der Waals surface area contributed by atoms with E-state index in [4.69, 9.17) is 0 Å². The Bertz CT molecular complexity index is 475. The van der Waals surface area contributed by atoms with Crippen molar-refractivity contribution in [3.63, 3.8) is 0 Å². The third-order valence-electron chi connectivity index (χ3n) is 4.07. The SMILES string of the molecule is CCN1CCCC1CN(C)c1cc(C)ccc1C#N. The molecule has 0 radical (unpaired) electrons. The molecule has 0 aromatic heterocycles. The predicted octanol–water partition coefficient (Wildman–Crippen LogP) is 2.79. The Balaban J connectivity index is 2.13. The van der Waals surface area contributed by atoms with Gasteiger partial charge in [0, 0.05) is 19.6 Å². The molecule has 102 valence electrons. The molecule has 1 aromatic carbocycles. The van der Waals surface area contributed by atoms with Gasteiger partial charge in [0.2, 0.25) is 0 Å². The molecule has 0 bridgehead atoms. The highest BCUT2D eigenvalue weighted by Crippen LogP contribution is 2.24. The van der Waals surface area contributed by atoms with E-state index in [0.29, 0.717) is 6.04 Å². The van der Waals surface area contributed by atoms with Crippen LogP contribution < -0.4 is 4.90 Å². The summed E-state index contributed by atoms with van der Waals surface area (Å²) in [6.07, 6.45) is 2.57. The van der Waals surface area contributed by atoms with E-state index in [9.17, 15) is 5.26 Å². The highest BCUT2D eigenvalue weighted by molar-refractivity contribution is 5.60. The molecule has 1 aliphatic heterocycles. The number of anilines is 1. The fourth-order valence-electron chi connectivity index (χ4n) is 2.98. The second-order valence-corrected chi connectivity index (χ2v) is 5.44. The Morgan fingerprint density at radius 1 is 1.47 bits per heavy atom. The summed E-state index contributed by atoms with van der Waals surface area (Å²) in [5.74, 6) is 0. The number of benzene rings is 1. The lowest BCUT2D eigenvalue weighted by Crippen LogP contribution is -2.39. The Morgan fingerprint density at radius 3 is 2.95 bits per heavy atom. The van der Waals surface area contributed by atoms with Crippen LogP contribution in [-0.4, -0.2) is 37.6 Å². The van der Waals surface area contributed by atoms with E-state index >= 15 is 0 Å². The lowest BCUT2D eigenvalue weighted by atomic mass is 10.1. The minimum Gasteiger partial charge on any atom is -0.372 e. The van der Waals surface area contributed by atoms with Gasteiger partial charge in [-0.15, -0.1) is 0 Å². The summed E-state index contributed by atoms with van der Waals surface area (Å²) in [4.78, 5) is 4.78. The van der Waals surface area contributed by atoms with Crippen LogP contribution in [0.5, 0.6) is 0 Å². The molecule has 3 heteroatoms. The molecular weight excluding hydrogens is 234 g/mol. The molecule has 1 aliphatic rings. The number of nitriles is 1. The van der Waals surface area contributed by atoms with Crippen molar-refractivity contribution in [2.75, 3.05) is 31.6 Å². The summed E-state index contributed by atoms with van der Waals surface area (Å²) in [7, 11) is 2.10. The van der Waals surface area contributed by atoms with E-state index in [1.165, 1.54) is 24.9 Å². The van der Waals surface area contributed by atoms with Crippen LogP contribution in [0.15, 0.2) is 18.2 Å². The standard InChI is InChI=1S/C16H23N3/c1-4-19-9-5-6-15(19)12-18(3)16-10-13(2)7-8-14(16)11-17/h7-8,10,15H,4-6,9,12H2,1-3H3. The Morgan fingerprint density at radius 2 is 2.26 bits per heavy atom. The predicted molar refractivity (Wildman–Crippen MR) is 79.4 cm³/mol. The van der Waals surface area contributed by atoms with E-state index in [2.05, 4.69) is 42.8 Å². The average molecular weight is 257 g/mol. The van der Waals surface area contributed by atoms with Crippen LogP contribution in [0.4, 0.5) is 5.69 Å². The van der Waals surface area contributed by atoms with Crippen molar-refractivity contribution < 1.29 is 0 Å². The molecule has 1 aromatic rings. The summed E-state index contributed by atoms with van der Waals surface area (Å²) in [6.45, 7) is 7.65. The van der Waals surface area contributed by atoms with Gasteiger partial charge in [-0.05, 0) is 50.6 Å². The van der Waals surface area contributed by atoms with Crippen molar-refractivity contribution in [2.24, 2.45) is 0 Å². The zero-order valence-corrected chi connectivity index (χ0v) is 12.2. The summed E-state index contributed by atoms with van der Waals surface area (Å²) in [5, 5.41) is 9.23. The number of nitrogens with zero attached hydrogens (tertiary/aromatic N) is 3. The summed E-state index contributed by atoms with van der Waals surface area (Å²) in [5.41, 5.74) is 3.04. The van der Waals surface area contributed by atoms with Crippen LogP contribution in [-0.2, 0) is 0 Å². The largest absolute Gasteiger partial charge is 0.372 e. The van der Waals surface area contributed by atoms with Gasteiger partial charge in [-0.3, -0.25) is 4.90 Å². The normalized spacial score (nSPS) is 19.4. The van der Waals surface area contributed by atoms with Crippen LogP contribution >= 0.6 is 0 Å². The van der Waals surface area contributed by atoms with E-state index in [0.717, 1.165) is 24.3 Å². The van der Waals surface area contributed by atoms with E-state index in [1.807, 2.05) is 12.1 Å². The molecular formula is C16H23N3. The van der Waals surface area contributed by atoms with E-state index in [1.54, 1.807) is 0 Å². The minimum absolute atomic E-state index is 0.627. The molecule has 1 atom stereocenters. The molecule has 1 heterocycles. The summed E-state index contributed by atoms with van der Waals surface area (Å²) >= 11 is 0. The summed E-state index contributed by atoms with van der Waals surface area (Å²) < 4.78 is 0. The smallest absolute Gasteiger partial charge is 0.101 e. The minimum atomic E-state index is 0.627. The maximum absolute atomic E-state index is 9.23. The van der Waals surface area contributed by atoms with Crippen molar-refractivity contribution in [3.05, 3.63) is 29.3 Å². The molecule has 2 rings (SSSR count). The second kappa shape index (κ2) is 6.08. The summed E-state index contributed by atoms with van der Waals surface area (Å²) in [6, 6.07) is 8.97. The molecule has 0 saturated carbocycles. The average Bonchev–Trinajstić information content (AvgIpc) is 2.85.